The van der Waals surface area contributed by atoms with Crippen molar-refractivity contribution in [2.45, 2.75) is 32.7 Å². The minimum atomic E-state index is -3.28. The summed E-state index contributed by atoms with van der Waals surface area (Å²) in [5, 5.41) is 12.1. The van der Waals surface area contributed by atoms with Crippen molar-refractivity contribution in [3.05, 3.63) is 35.9 Å². The second kappa shape index (κ2) is 9.74. The topological polar surface area (TPSA) is 84.9 Å². The van der Waals surface area contributed by atoms with Gasteiger partial charge in [-0.25, -0.2) is 0 Å². The van der Waals surface area contributed by atoms with Crippen LogP contribution in [0.4, 0.5) is 0 Å². The average Bonchev–Trinajstić information content (AvgIpc) is 2.48. The van der Waals surface area contributed by atoms with Crippen LogP contribution in [0, 0.1) is 0 Å². The molecule has 0 spiro atoms. The maximum absolute atomic E-state index is 12.3. The molecule has 6 nitrogen and oxygen atoms in total. The summed E-state index contributed by atoms with van der Waals surface area (Å²) < 4.78 is 22.6. The fourth-order valence-corrected chi connectivity index (χ4v) is 3.50. The van der Waals surface area contributed by atoms with Crippen LogP contribution in [0.1, 0.15) is 25.8 Å². The fraction of sp³-hybridized carbons (Fsp3) is 0.533. The average molecular weight is 329 g/mol. The van der Waals surface area contributed by atoms with Crippen LogP contribution in [-0.4, -0.2) is 36.6 Å². The molecular formula is C15H24NO5P. The van der Waals surface area contributed by atoms with E-state index in [0.717, 1.165) is 5.56 Å². The summed E-state index contributed by atoms with van der Waals surface area (Å²) in [6, 6.07) is 8.84. The first kappa shape index (κ1) is 18.8. The monoisotopic (exact) mass is 329 g/mol. The molecule has 1 aromatic rings. The number of aryl methyl sites for hydroxylation is 1. The SMILES string of the molecule is CCOP(=O)(CN[C@@H](CCc1ccccc1)C(=O)O)OCC. The van der Waals surface area contributed by atoms with Crippen molar-refractivity contribution in [1.29, 1.82) is 0 Å². The molecule has 0 fully saturated rings. The zero-order valence-corrected chi connectivity index (χ0v) is 13.9. The molecule has 0 unspecified atom stereocenters. The third-order valence-electron chi connectivity index (χ3n) is 3.05. The van der Waals surface area contributed by atoms with Gasteiger partial charge in [0.25, 0.3) is 0 Å². The van der Waals surface area contributed by atoms with Crippen molar-refractivity contribution < 1.29 is 23.5 Å². The summed E-state index contributed by atoms with van der Waals surface area (Å²) in [4.78, 5) is 11.3. The van der Waals surface area contributed by atoms with E-state index >= 15 is 0 Å². The van der Waals surface area contributed by atoms with Gasteiger partial charge in [-0.1, -0.05) is 30.3 Å². The maximum Gasteiger partial charge on any atom is 0.344 e. The standard InChI is InChI=1S/C15H24NO5P/c1-3-20-22(19,21-4-2)12-16-14(15(17)18)11-10-13-8-6-5-7-9-13/h5-9,14,16H,3-4,10-12H2,1-2H3,(H,17,18)/t14-/m0/s1. The Morgan fingerprint density at radius 3 is 2.32 bits per heavy atom. The second-order valence-electron chi connectivity index (χ2n) is 4.72. The van der Waals surface area contributed by atoms with E-state index in [0.29, 0.717) is 12.8 Å². The molecule has 0 amide bonds. The van der Waals surface area contributed by atoms with E-state index < -0.39 is 19.6 Å². The zero-order chi connectivity index (χ0) is 16.4. The van der Waals surface area contributed by atoms with Gasteiger partial charge in [-0.05, 0) is 32.3 Å². The molecule has 7 heteroatoms. The molecule has 1 aromatic carbocycles. The van der Waals surface area contributed by atoms with Crippen molar-refractivity contribution in [3.8, 4) is 0 Å². The van der Waals surface area contributed by atoms with E-state index in [-0.39, 0.29) is 19.5 Å². The minimum absolute atomic E-state index is 0.111. The summed E-state index contributed by atoms with van der Waals surface area (Å²) in [5.74, 6) is -0.976. The Morgan fingerprint density at radius 1 is 1.23 bits per heavy atom. The molecular weight excluding hydrogens is 305 g/mol. The summed E-state index contributed by atoms with van der Waals surface area (Å²) in [5.41, 5.74) is 1.06. The molecule has 0 aliphatic heterocycles. The lowest BCUT2D eigenvalue weighted by atomic mass is 10.1. The fourth-order valence-electron chi connectivity index (χ4n) is 2.01. The van der Waals surface area contributed by atoms with E-state index in [2.05, 4.69) is 5.32 Å². The zero-order valence-electron chi connectivity index (χ0n) is 13.0. The number of hydrogen-bond acceptors (Lipinski definition) is 5. The largest absolute Gasteiger partial charge is 0.480 e. The Morgan fingerprint density at radius 2 is 1.82 bits per heavy atom. The first-order valence-corrected chi connectivity index (χ1v) is 9.11. The number of nitrogens with one attached hydrogen (secondary N) is 1. The minimum Gasteiger partial charge on any atom is -0.480 e. The molecule has 0 bridgehead atoms. The second-order valence-corrected chi connectivity index (χ2v) is 6.78. The van der Waals surface area contributed by atoms with Gasteiger partial charge in [0.2, 0.25) is 0 Å². The molecule has 0 heterocycles. The van der Waals surface area contributed by atoms with Crippen LogP contribution in [0.5, 0.6) is 0 Å². The molecule has 1 rings (SSSR count). The molecule has 1 atom stereocenters. The Hall–Kier alpha value is -1.20. The Kier molecular flexibility index (Phi) is 8.35. The molecule has 0 aliphatic carbocycles. The van der Waals surface area contributed by atoms with E-state index in [9.17, 15) is 14.5 Å². The lowest BCUT2D eigenvalue weighted by Crippen LogP contribution is -2.38. The first-order valence-electron chi connectivity index (χ1n) is 7.39. The normalized spacial score (nSPS) is 13.0. The van der Waals surface area contributed by atoms with Gasteiger partial charge in [0, 0.05) is 0 Å². The number of rotatable bonds is 11. The molecule has 0 saturated carbocycles. The highest BCUT2D eigenvalue weighted by atomic mass is 31.2. The lowest BCUT2D eigenvalue weighted by molar-refractivity contribution is -0.139. The molecule has 2 N–H and O–H groups in total. The van der Waals surface area contributed by atoms with Gasteiger partial charge in [-0.2, -0.15) is 0 Å². The predicted octanol–water partition coefficient (Wildman–Crippen LogP) is 2.89. The molecule has 0 radical (unpaired) electrons. The summed E-state index contributed by atoms with van der Waals surface area (Å²) in [6.07, 6.45) is 0.913. The summed E-state index contributed by atoms with van der Waals surface area (Å²) in [6.45, 7) is 3.94. The van der Waals surface area contributed by atoms with E-state index in [4.69, 9.17) is 9.05 Å². The highest BCUT2D eigenvalue weighted by Gasteiger charge is 2.27. The van der Waals surface area contributed by atoms with Gasteiger partial charge in [-0.3, -0.25) is 14.7 Å². The van der Waals surface area contributed by atoms with Crippen LogP contribution in [0.15, 0.2) is 30.3 Å². The highest BCUT2D eigenvalue weighted by Crippen LogP contribution is 2.46. The number of aliphatic carboxylic acids is 1. The Bertz CT molecular complexity index is 484. The Balaban J connectivity index is 2.56. The van der Waals surface area contributed by atoms with Gasteiger partial charge in [0.1, 0.15) is 6.04 Å². The van der Waals surface area contributed by atoms with Gasteiger partial charge in [0.15, 0.2) is 0 Å². The number of carboxylic acids is 1. The van der Waals surface area contributed by atoms with Crippen molar-refractivity contribution in [2.24, 2.45) is 0 Å². The van der Waals surface area contributed by atoms with Crippen LogP contribution in [-0.2, 0) is 24.8 Å². The maximum atomic E-state index is 12.3. The van der Waals surface area contributed by atoms with Crippen molar-refractivity contribution in [3.63, 3.8) is 0 Å². The number of benzene rings is 1. The smallest absolute Gasteiger partial charge is 0.344 e. The predicted molar refractivity (Wildman–Crippen MR) is 85.0 cm³/mol. The molecule has 0 aliphatic rings. The van der Waals surface area contributed by atoms with Crippen molar-refractivity contribution in [1.82, 2.24) is 5.32 Å². The number of hydrogen-bond donors (Lipinski definition) is 2. The summed E-state index contributed by atoms with van der Waals surface area (Å²) >= 11 is 0. The number of carboxylic acid groups (broad SMARTS) is 1. The van der Waals surface area contributed by atoms with Gasteiger partial charge < -0.3 is 14.2 Å². The third-order valence-corrected chi connectivity index (χ3v) is 4.92. The van der Waals surface area contributed by atoms with Crippen molar-refractivity contribution in [2.75, 3.05) is 19.5 Å². The van der Waals surface area contributed by atoms with Crippen LogP contribution in [0.3, 0.4) is 0 Å². The third kappa shape index (κ3) is 6.71. The van der Waals surface area contributed by atoms with Crippen LogP contribution >= 0.6 is 7.60 Å². The van der Waals surface area contributed by atoms with E-state index in [1.54, 1.807) is 13.8 Å². The Labute approximate surface area is 131 Å². The number of carbonyl (C=O) groups is 1. The molecule has 124 valence electrons. The van der Waals surface area contributed by atoms with Gasteiger partial charge >= 0.3 is 13.6 Å². The van der Waals surface area contributed by atoms with Crippen LogP contribution in [0.25, 0.3) is 0 Å². The summed E-state index contributed by atoms with van der Waals surface area (Å²) in [7, 11) is -3.28. The van der Waals surface area contributed by atoms with E-state index in [1.807, 2.05) is 30.3 Å². The lowest BCUT2D eigenvalue weighted by Gasteiger charge is -2.20. The molecule has 22 heavy (non-hydrogen) atoms. The van der Waals surface area contributed by atoms with Crippen LogP contribution in [0.2, 0.25) is 0 Å². The van der Waals surface area contributed by atoms with E-state index in [1.165, 1.54) is 0 Å². The van der Waals surface area contributed by atoms with Gasteiger partial charge in [0.05, 0.1) is 19.5 Å². The van der Waals surface area contributed by atoms with Gasteiger partial charge in [-0.15, -0.1) is 0 Å². The molecule has 0 aromatic heterocycles. The van der Waals surface area contributed by atoms with Crippen LogP contribution < -0.4 is 5.32 Å². The first-order chi connectivity index (χ1) is 10.5. The quantitative estimate of drug-likeness (QED) is 0.607. The highest BCUT2D eigenvalue weighted by molar-refractivity contribution is 7.53. The molecule has 0 saturated heterocycles. The van der Waals surface area contributed by atoms with Crippen molar-refractivity contribution >= 4 is 13.6 Å².